The molecule has 13 heteroatoms. The van der Waals surface area contributed by atoms with E-state index in [1.165, 1.54) is 36.7 Å². The highest BCUT2D eigenvalue weighted by Crippen LogP contribution is 2.35. The Kier molecular flexibility index (Phi) is 7.94. The standard InChI is InChI=1S/C29H24F6N6O/c1-40-8-10-41(11-9-40)17-19-3-5-22(14-24(19)29(33,34)35)37-27(42)20-12-18(15-36-16-20)2-7-25-23-6-4-21(28(30,31)32)13-26(23)39-38-25/h3-6,12-16H,8-11,17H2,1H3,(H,37,42)(H,38,39). The van der Waals surface area contributed by atoms with E-state index in [1.807, 2.05) is 11.9 Å². The van der Waals surface area contributed by atoms with Gasteiger partial charge in [-0.3, -0.25) is 19.8 Å². The number of rotatable bonds is 4. The van der Waals surface area contributed by atoms with Gasteiger partial charge >= 0.3 is 12.4 Å². The fourth-order valence-electron chi connectivity index (χ4n) is 4.56. The van der Waals surface area contributed by atoms with Gasteiger partial charge in [-0.2, -0.15) is 31.4 Å². The number of hydrogen-bond donors (Lipinski definition) is 2. The number of likely N-dealkylation sites (N-methyl/N-ethyl adjacent to an activating group) is 1. The van der Waals surface area contributed by atoms with Gasteiger partial charge in [-0.25, -0.2) is 0 Å². The van der Waals surface area contributed by atoms with Crippen LogP contribution in [-0.4, -0.2) is 64.1 Å². The van der Waals surface area contributed by atoms with Crippen LogP contribution in [0.1, 0.15) is 38.3 Å². The van der Waals surface area contributed by atoms with E-state index in [2.05, 4.69) is 37.2 Å². The molecule has 3 heterocycles. The summed E-state index contributed by atoms with van der Waals surface area (Å²) in [7, 11) is 1.97. The quantitative estimate of drug-likeness (QED) is 0.248. The third-order valence-corrected chi connectivity index (χ3v) is 6.88. The Morgan fingerprint density at radius 1 is 0.952 bits per heavy atom. The average molecular weight is 587 g/mol. The van der Waals surface area contributed by atoms with Gasteiger partial charge in [0.15, 0.2) is 0 Å². The number of alkyl halides is 6. The molecule has 42 heavy (non-hydrogen) atoms. The molecular weight excluding hydrogens is 562 g/mol. The van der Waals surface area contributed by atoms with Crippen LogP contribution in [0.25, 0.3) is 10.9 Å². The van der Waals surface area contributed by atoms with E-state index in [0.29, 0.717) is 24.0 Å². The summed E-state index contributed by atoms with van der Waals surface area (Å²) in [6.07, 6.45) is -6.49. The number of nitrogens with one attached hydrogen (secondary N) is 2. The van der Waals surface area contributed by atoms with E-state index in [9.17, 15) is 31.1 Å². The third-order valence-electron chi connectivity index (χ3n) is 6.88. The second kappa shape index (κ2) is 11.5. The minimum atomic E-state index is -4.61. The number of halogens is 6. The van der Waals surface area contributed by atoms with E-state index in [0.717, 1.165) is 31.3 Å². The molecule has 0 aliphatic carbocycles. The maximum Gasteiger partial charge on any atom is 0.416 e. The molecule has 2 aromatic heterocycles. The Morgan fingerprint density at radius 3 is 2.43 bits per heavy atom. The summed E-state index contributed by atoms with van der Waals surface area (Å²) in [5, 5.41) is 9.35. The number of aromatic amines is 1. The van der Waals surface area contributed by atoms with E-state index in [4.69, 9.17) is 0 Å². The maximum atomic E-state index is 13.9. The number of nitrogens with zero attached hydrogens (tertiary/aromatic N) is 4. The van der Waals surface area contributed by atoms with Gasteiger partial charge in [-0.1, -0.05) is 12.0 Å². The van der Waals surface area contributed by atoms with Gasteiger partial charge in [0.2, 0.25) is 0 Å². The molecule has 7 nitrogen and oxygen atoms in total. The number of fused-ring (bicyclic) bond motifs is 1. The Bertz CT molecular complexity index is 1680. The van der Waals surface area contributed by atoms with Crippen LogP contribution in [0.15, 0.2) is 54.9 Å². The van der Waals surface area contributed by atoms with Crippen molar-refractivity contribution >= 4 is 22.5 Å². The predicted octanol–water partition coefficient (Wildman–Crippen LogP) is 5.40. The lowest BCUT2D eigenvalue weighted by molar-refractivity contribution is -0.138. The summed E-state index contributed by atoms with van der Waals surface area (Å²) in [4.78, 5) is 20.9. The number of carbonyl (C=O) groups excluding carboxylic acids is 1. The molecule has 0 radical (unpaired) electrons. The van der Waals surface area contributed by atoms with Crippen LogP contribution >= 0.6 is 0 Å². The van der Waals surface area contributed by atoms with Gasteiger partial charge in [0.1, 0.15) is 5.69 Å². The monoisotopic (exact) mass is 586 g/mol. The summed E-state index contributed by atoms with van der Waals surface area (Å²) < 4.78 is 80.6. The second-order valence-corrected chi connectivity index (χ2v) is 9.95. The van der Waals surface area contributed by atoms with Crippen molar-refractivity contribution in [1.29, 1.82) is 0 Å². The van der Waals surface area contributed by atoms with Crippen LogP contribution in [0, 0.1) is 11.8 Å². The molecule has 1 fully saturated rings. The Hall–Kier alpha value is -4.41. The van der Waals surface area contributed by atoms with Crippen molar-refractivity contribution < 1.29 is 31.1 Å². The summed E-state index contributed by atoms with van der Waals surface area (Å²) in [6, 6.07) is 8.26. The first kappa shape index (κ1) is 29.1. The molecule has 0 atom stereocenters. The van der Waals surface area contributed by atoms with Gasteiger partial charge in [0, 0.05) is 61.8 Å². The third kappa shape index (κ3) is 6.72. The van der Waals surface area contributed by atoms with Crippen molar-refractivity contribution in [3.05, 3.63) is 88.4 Å². The van der Waals surface area contributed by atoms with Crippen LogP contribution < -0.4 is 5.32 Å². The van der Waals surface area contributed by atoms with Crippen molar-refractivity contribution in [1.82, 2.24) is 25.0 Å². The molecule has 1 amide bonds. The van der Waals surface area contributed by atoms with Crippen LogP contribution in [0.2, 0.25) is 0 Å². The first-order chi connectivity index (χ1) is 19.9. The topological polar surface area (TPSA) is 77.2 Å². The number of amides is 1. The number of carbonyl (C=O) groups is 1. The summed E-state index contributed by atoms with van der Waals surface area (Å²) in [6.45, 7) is 3.01. The highest BCUT2D eigenvalue weighted by atomic mass is 19.4. The molecule has 2 N–H and O–H groups in total. The average Bonchev–Trinajstić information content (AvgIpc) is 3.35. The molecule has 0 saturated carbocycles. The minimum Gasteiger partial charge on any atom is -0.322 e. The molecule has 1 saturated heterocycles. The number of hydrogen-bond acceptors (Lipinski definition) is 5. The Balaban J connectivity index is 1.32. The summed E-state index contributed by atoms with van der Waals surface area (Å²) in [5.41, 5.74) is -0.823. The fraction of sp³-hybridized carbons (Fsp3) is 0.276. The van der Waals surface area contributed by atoms with E-state index in [-0.39, 0.29) is 34.6 Å². The van der Waals surface area contributed by atoms with Gasteiger partial charge in [0.25, 0.3) is 5.91 Å². The van der Waals surface area contributed by atoms with Gasteiger partial charge < -0.3 is 10.2 Å². The number of H-pyrrole nitrogens is 1. The predicted molar refractivity (Wildman–Crippen MR) is 143 cm³/mol. The summed E-state index contributed by atoms with van der Waals surface area (Å²) in [5.74, 6) is 4.83. The number of aromatic nitrogens is 3. The lowest BCUT2D eigenvalue weighted by atomic mass is 10.0. The Labute approximate surface area is 236 Å². The molecule has 1 aliphatic rings. The zero-order valence-electron chi connectivity index (χ0n) is 22.2. The molecule has 0 unspecified atom stereocenters. The molecule has 0 spiro atoms. The highest BCUT2D eigenvalue weighted by Gasteiger charge is 2.34. The van der Waals surface area contributed by atoms with Crippen LogP contribution in [0.3, 0.4) is 0 Å². The number of pyridine rings is 1. The second-order valence-electron chi connectivity index (χ2n) is 9.95. The molecule has 2 aromatic carbocycles. The zero-order chi connectivity index (χ0) is 30.1. The lowest BCUT2D eigenvalue weighted by Gasteiger charge is -2.33. The minimum absolute atomic E-state index is 0.0211. The van der Waals surface area contributed by atoms with Gasteiger partial charge in [-0.15, -0.1) is 0 Å². The molecule has 218 valence electrons. The first-order valence-corrected chi connectivity index (χ1v) is 12.8. The van der Waals surface area contributed by atoms with Crippen molar-refractivity contribution in [3.8, 4) is 11.8 Å². The van der Waals surface area contributed by atoms with Gasteiger partial charge in [0.05, 0.1) is 22.2 Å². The highest BCUT2D eigenvalue weighted by molar-refractivity contribution is 6.04. The van der Waals surface area contributed by atoms with Crippen LogP contribution in [0.4, 0.5) is 32.0 Å². The first-order valence-electron chi connectivity index (χ1n) is 12.8. The molecule has 1 aliphatic heterocycles. The molecule has 4 aromatic rings. The van der Waals surface area contributed by atoms with E-state index >= 15 is 0 Å². The summed E-state index contributed by atoms with van der Waals surface area (Å²) >= 11 is 0. The largest absolute Gasteiger partial charge is 0.416 e. The zero-order valence-corrected chi connectivity index (χ0v) is 22.2. The van der Waals surface area contributed by atoms with E-state index < -0.39 is 29.4 Å². The normalized spacial score (nSPS) is 14.9. The van der Waals surface area contributed by atoms with E-state index in [1.54, 1.807) is 0 Å². The van der Waals surface area contributed by atoms with Gasteiger partial charge in [-0.05, 0) is 54.9 Å². The molecular formula is C29H24F6N6O. The Morgan fingerprint density at radius 2 is 1.71 bits per heavy atom. The number of anilines is 1. The van der Waals surface area contributed by atoms with Crippen molar-refractivity contribution in [2.45, 2.75) is 18.9 Å². The van der Waals surface area contributed by atoms with Crippen LogP contribution in [0.5, 0.6) is 0 Å². The molecule has 0 bridgehead atoms. The van der Waals surface area contributed by atoms with Crippen molar-refractivity contribution in [3.63, 3.8) is 0 Å². The SMILES string of the molecule is CN1CCN(Cc2ccc(NC(=O)c3cncc(C#Cc4n[nH]c5cc(C(F)(F)F)ccc45)c3)cc2C(F)(F)F)CC1. The van der Waals surface area contributed by atoms with Crippen molar-refractivity contribution in [2.24, 2.45) is 0 Å². The van der Waals surface area contributed by atoms with Crippen LogP contribution in [-0.2, 0) is 18.9 Å². The number of piperazine rings is 1. The fourth-order valence-corrected chi connectivity index (χ4v) is 4.56. The smallest absolute Gasteiger partial charge is 0.322 e. The number of benzene rings is 2. The lowest BCUT2D eigenvalue weighted by Crippen LogP contribution is -2.44. The molecule has 5 rings (SSSR count). The maximum absolute atomic E-state index is 13.9. The van der Waals surface area contributed by atoms with Crippen molar-refractivity contribution in [2.75, 3.05) is 38.5 Å².